The lowest BCUT2D eigenvalue weighted by molar-refractivity contribution is 0.102. The Kier molecular flexibility index (Phi) is 4.04. The maximum absolute atomic E-state index is 11.7. The zero-order valence-electron chi connectivity index (χ0n) is 8.21. The first-order valence-corrected chi connectivity index (χ1v) is 6.92. The molecule has 1 amide bonds. The quantitative estimate of drug-likeness (QED) is 0.811. The van der Waals surface area contributed by atoms with E-state index in [0.717, 1.165) is 0 Å². The minimum absolute atomic E-state index is 0.296. The van der Waals surface area contributed by atoms with Crippen molar-refractivity contribution in [3.63, 3.8) is 0 Å². The molecule has 0 unspecified atom stereocenters. The Morgan fingerprint density at radius 2 is 2.12 bits per heavy atom. The van der Waals surface area contributed by atoms with Crippen molar-refractivity contribution in [1.29, 1.82) is 0 Å². The first-order chi connectivity index (χ1) is 8.09. The molecule has 0 saturated heterocycles. The Balaban J connectivity index is 2.25. The van der Waals surface area contributed by atoms with E-state index in [-0.39, 0.29) is 5.91 Å². The predicted octanol–water partition coefficient (Wildman–Crippen LogP) is 4.46. The van der Waals surface area contributed by atoms with Gasteiger partial charge >= 0.3 is 0 Å². The molecule has 2 aromatic rings. The van der Waals surface area contributed by atoms with Gasteiger partial charge in [-0.3, -0.25) is 4.79 Å². The van der Waals surface area contributed by atoms with E-state index in [2.05, 4.69) is 26.2 Å². The van der Waals surface area contributed by atoms with Gasteiger partial charge in [-0.1, -0.05) is 23.2 Å². The number of amides is 1. The summed E-state index contributed by atoms with van der Waals surface area (Å²) in [5.74, 6) is -0.313. The van der Waals surface area contributed by atoms with Gasteiger partial charge in [0.2, 0.25) is 0 Å². The standard InChI is InChI=1S/C10H5BrCl2N2OS/c11-5-1-2-6(9(13)8(5)12)15-10(16)7-3-17-4-14-7/h1-4H,(H,15,16). The number of aromatic nitrogens is 1. The van der Waals surface area contributed by atoms with Crippen LogP contribution in [0.4, 0.5) is 5.69 Å². The molecule has 0 spiro atoms. The zero-order chi connectivity index (χ0) is 12.4. The number of carbonyl (C=O) groups excluding carboxylic acids is 1. The van der Waals surface area contributed by atoms with Gasteiger partial charge in [0.1, 0.15) is 5.69 Å². The van der Waals surface area contributed by atoms with Crippen molar-refractivity contribution in [3.05, 3.63) is 43.2 Å². The molecule has 0 aliphatic heterocycles. The van der Waals surface area contributed by atoms with Gasteiger partial charge in [0, 0.05) is 9.85 Å². The number of carbonyl (C=O) groups is 1. The van der Waals surface area contributed by atoms with E-state index in [4.69, 9.17) is 23.2 Å². The van der Waals surface area contributed by atoms with Gasteiger partial charge < -0.3 is 5.32 Å². The van der Waals surface area contributed by atoms with Crippen molar-refractivity contribution in [3.8, 4) is 0 Å². The predicted molar refractivity (Wildman–Crippen MR) is 74.2 cm³/mol. The second kappa shape index (κ2) is 5.35. The number of rotatable bonds is 2. The molecule has 0 saturated carbocycles. The van der Waals surface area contributed by atoms with Crippen LogP contribution in [-0.2, 0) is 0 Å². The summed E-state index contributed by atoms with van der Waals surface area (Å²) in [7, 11) is 0. The van der Waals surface area contributed by atoms with Gasteiger partial charge in [0.05, 0.1) is 21.2 Å². The van der Waals surface area contributed by atoms with Crippen LogP contribution in [0.2, 0.25) is 10.0 Å². The molecule has 7 heteroatoms. The van der Waals surface area contributed by atoms with Gasteiger partial charge in [-0.05, 0) is 28.1 Å². The van der Waals surface area contributed by atoms with E-state index in [9.17, 15) is 4.79 Å². The fourth-order valence-corrected chi connectivity index (χ4v) is 2.49. The summed E-state index contributed by atoms with van der Waals surface area (Å²) >= 11 is 16.6. The molecule has 3 nitrogen and oxygen atoms in total. The van der Waals surface area contributed by atoms with Crippen molar-refractivity contribution in [2.45, 2.75) is 0 Å². The minimum atomic E-state index is -0.313. The number of nitrogens with one attached hydrogen (secondary N) is 1. The van der Waals surface area contributed by atoms with Crippen LogP contribution in [0, 0.1) is 0 Å². The Morgan fingerprint density at radius 1 is 1.35 bits per heavy atom. The first kappa shape index (κ1) is 12.8. The van der Waals surface area contributed by atoms with E-state index >= 15 is 0 Å². The van der Waals surface area contributed by atoms with Crippen LogP contribution < -0.4 is 5.32 Å². The lowest BCUT2D eigenvalue weighted by Crippen LogP contribution is -2.12. The highest BCUT2D eigenvalue weighted by atomic mass is 79.9. The normalized spacial score (nSPS) is 10.3. The van der Waals surface area contributed by atoms with E-state index in [1.165, 1.54) is 11.3 Å². The van der Waals surface area contributed by atoms with E-state index < -0.39 is 0 Å². The number of anilines is 1. The highest BCUT2D eigenvalue weighted by Crippen LogP contribution is 2.35. The van der Waals surface area contributed by atoms with Gasteiger partial charge in [0.25, 0.3) is 5.91 Å². The highest BCUT2D eigenvalue weighted by molar-refractivity contribution is 9.10. The topological polar surface area (TPSA) is 42.0 Å². The summed E-state index contributed by atoms with van der Waals surface area (Å²) in [4.78, 5) is 15.6. The monoisotopic (exact) mass is 350 g/mol. The smallest absolute Gasteiger partial charge is 0.275 e. The first-order valence-electron chi connectivity index (χ1n) is 4.42. The summed E-state index contributed by atoms with van der Waals surface area (Å²) < 4.78 is 0.677. The molecule has 0 aliphatic carbocycles. The number of halogens is 3. The third-order valence-electron chi connectivity index (χ3n) is 1.95. The van der Waals surface area contributed by atoms with Crippen LogP contribution in [0.15, 0.2) is 27.5 Å². The van der Waals surface area contributed by atoms with Gasteiger partial charge in [-0.25, -0.2) is 4.98 Å². The summed E-state index contributed by atoms with van der Waals surface area (Å²) in [5, 5.41) is 4.96. The summed E-state index contributed by atoms with van der Waals surface area (Å²) in [6.07, 6.45) is 0. The number of benzene rings is 1. The second-order valence-corrected chi connectivity index (χ2v) is 5.38. The van der Waals surface area contributed by atoms with Crippen LogP contribution in [-0.4, -0.2) is 10.9 Å². The van der Waals surface area contributed by atoms with Crippen LogP contribution in [0.5, 0.6) is 0 Å². The van der Waals surface area contributed by atoms with E-state index in [1.54, 1.807) is 23.0 Å². The number of hydrogen-bond acceptors (Lipinski definition) is 3. The second-order valence-electron chi connectivity index (χ2n) is 3.05. The van der Waals surface area contributed by atoms with Gasteiger partial charge in [-0.15, -0.1) is 11.3 Å². The van der Waals surface area contributed by atoms with Crippen molar-refractivity contribution in [2.24, 2.45) is 0 Å². The summed E-state index contributed by atoms with van der Waals surface area (Å²) in [5.41, 5.74) is 2.40. The Morgan fingerprint density at radius 3 is 2.76 bits per heavy atom. The maximum atomic E-state index is 11.7. The van der Waals surface area contributed by atoms with Gasteiger partial charge in [-0.2, -0.15) is 0 Å². The molecule has 17 heavy (non-hydrogen) atoms. The summed E-state index contributed by atoms with van der Waals surface area (Å²) in [6.45, 7) is 0. The maximum Gasteiger partial charge on any atom is 0.275 e. The van der Waals surface area contributed by atoms with E-state index in [1.807, 2.05) is 0 Å². The Labute approximate surface area is 120 Å². The number of thiazole rings is 1. The van der Waals surface area contributed by atoms with Crippen molar-refractivity contribution < 1.29 is 4.79 Å². The molecular formula is C10H5BrCl2N2OS. The van der Waals surface area contributed by atoms with Crippen LogP contribution in [0.3, 0.4) is 0 Å². The Bertz CT molecular complexity index is 560. The molecule has 0 atom stereocenters. The lowest BCUT2D eigenvalue weighted by Gasteiger charge is -2.08. The third kappa shape index (κ3) is 2.80. The molecule has 1 heterocycles. The van der Waals surface area contributed by atoms with Crippen LogP contribution >= 0.6 is 50.5 Å². The lowest BCUT2D eigenvalue weighted by atomic mass is 10.3. The highest BCUT2D eigenvalue weighted by Gasteiger charge is 2.13. The SMILES string of the molecule is O=C(Nc1ccc(Br)c(Cl)c1Cl)c1cscn1. The van der Waals surface area contributed by atoms with Crippen molar-refractivity contribution >= 4 is 62.1 Å². The fourth-order valence-electron chi connectivity index (χ4n) is 1.13. The minimum Gasteiger partial charge on any atom is -0.319 e. The molecule has 1 aromatic heterocycles. The van der Waals surface area contributed by atoms with Crippen molar-refractivity contribution in [2.75, 3.05) is 5.32 Å². The third-order valence-corrected chi connectivity index (χ3v) is 4.31. The molecular weight excluding hydrogens is 347 g/mol. The molecule has 2 rings (SSSR count). The average molecular weight is 352 g/mol. The Hall–Kier alpha value is -0.620. The molecule has 0 fully saturated rings. The number of nitrogens with zero attached hydrogens (tertiary/aromatic N) is 1. The average Bonchev–Trinajstić information content (AvgIpc) is 2.83. The van der Waals surface area contributed by atoms with Crippen LogP contribution in [0.25, 0.3) is 0 Å². The van der Waals surface area contributed by atoms with E-state index in [0.29, 0.717) is 25.9 Å². The van der Waals surface area contributed by atoms with Crippen molar-refractivity contribution in [1.82, 2.24) is 4.98 Å². The number of hydrogen-bond donors (Lipinski definition) is 1. The molecule has 0 bridgehead atoms. The molecule has 0 radical (unpaired) electrons. The molecule has 88 valence electrons. The summed E-state index contributed by atoms with van der Waals surface area (Å²) in [6, 6.07) is 3.38. The molecule has 0 aliphatic rings. The van der Waals surface area contributed by atoms with Crippen LogP contribution in [0.1, 0.15) is 10.5 Å². The van der Waals surface area contributed by atoms with Gasteiger partial charge in [0.15, 0.2) is 0 Å². The fraction of sp³-hybridized carbons (Fsp3) is 0. The largest absolute Gasteiger partial charge is 0.319 e. The molecule has 1 aromatic carbocycles. The zero-order valence-corrected chi connectivity index (χ0v) is 12.1. The molecule has 1 N–H and O–H groups in total.